The van der Waals surface area contributed by atoms with Gasteiger partial charge in [-0.2, -0.15) is 0 Å². The van der Waals surface area contributed by atoms with Crippen LogP contribution in [0.2, 0.25) is 0 Å². The number of carbonyl (C=O) groups is 2. The van der Waals surface area contributed by atoms with E-state index in [-0.39, 0.29) is 18.5 Å². The molecule has 0 aliphatic carbocycles. The van der Waals surface area contributed by atoms with Crippen LogP contribution in [0, 0.1) is 0 Å². The monoisotopic (exact) mass is 1000 g/mol. The van der Waals surface area contributed by atoms with Crippen LogP contribution in [0.1, 0.15) is 328 Å². The molecule has 0 saturated carbocycles. The highest BCUT2D eigenvalue weighted by molar-refractivity contribution is 5.76. The third-order valence-corrected chi connectivity index (χ3v) is 14.5. The summed E-state index contributed by atoms with van der Waals surface area (Å²) in [6.45, 7) is 4.77. The summed E-state index contributed by atoms with van der Waals surface area (Å²) in [6.07, 6.45) is 70.6. The molecule has 0 aromatic carbocycles. The van der Waals surface area contributed by atoms with E-state index in [1.165, 1.54) is 244 Å². The quantitative estimate of drug-likeness (QED) is 0.0274. The van der Waals surface area contributed by atoms with Crippen molar-refractivity contribution >= 4 is 11.9 Å². The van der Waals surface area contributed by atoms with Crippen LogP contribution in [0.25, 0.3) is 0 Å². The summed E-state index contributed by atoms with van der Waals surface area (Å²) in [6, 6.07) is -0.749. The van der Waals surface area contributed by atoms with E-state index in [1.54, 1.807) is 6.08 Å². The second kappa shape index (κ2) is 58.9. The minimum Gasteiger partial charge on any atom is -0.466 e. The Bertz CT molecular complexity index is 1170. The van der Waals surface area contributed by atoms with E-state index in [1.807, 2.05) is 0 Å². The van der Waals surface area contributed by atoms with Crippen LogP contribution in [0.3, 0.4) is 0 Å². The highest BCUT2D eigenvalue weighted by Crippen LogP contribution is 2.18. The third kappa shape index (κ3) is 55.6. The summed E-state index contributed by atoms with van der Waals surface area (Å²) in [5, 5.41) is 33.3. The largest absolute Gasteiger partial charge is 0.466 e. The van der Waals surface area contributed by atoms with Crippen LogP contribution in [0.5, 0.6) is 0 Å². The Balaban J connectivity index is 3.42. The molecule has 7 heteroatoms. The van der Waals surface area contributed by atoms with E-state index >= 15 is 0 Å². The fourth-order valence-electron chi connectivity index (χ4n) is 9.62. The number of amides is 1. The summed E-state index contributed by atoms with van der Waals surface area (Å²) in [7, 11) is 0. The van der Waals surface area contributed by atoms with Gasteiger partial charge in [0.1, 0.15) is 0 Å². The molecular formula is C64H121NO6. The van der Waals surface area contributed by atoms with Crippen LogP contribution in [0.4, 0.5) is 0 Å². The smallest absolute Gasteiger partial charge is 0.305 e. The number of hydrogen-bond acceptors (Lipinski definition) is 6. The first-order valence-corrected chi connectivity index (χ1v) is 31.3. The van der Waals surface area contributed by atoms with E-state index in [4.69, 9.17) is 4.74 Å². The third-order valence-electron chi connectivity index (χ3n) is 14.5. The number of carbonyl (C=O) groups excluding carboxylic acids is 2. The summed E-state index contributed by atoms with van der Waals surface area (Å²) in [5.41, 5.74) is 0. The van der Waals surface area contributed by atoms with Crippen molar-refractivity contribution in [1.29, 1.82) is 0 Å². The van der Waals surface area contributed by atoms with Gasteiger partial charge in [0, 0.05) is 12.8 Å². The van der Waals surface area contributed by atoms with E-state index in [2.05, 4.69) is 43.5 Å². The maximum atomic E-state index is 12.5. The Hall–Kier alpha value is -1.96. The van der Waals surface area contributed by atoms with Crippen molar-refractivity contribution in [3.05, 3.63) is 36.5 Å². The van der Waals surface area contributed by atoms with Gasteiger partial charge in [0.2, 0.25) is 5.91 Å². The van der Waals surface area contributed by atoms with Crippen molar-refractivity contribution in [2.24, 2.45) is 0 Å². The number of unbranched alkanes of at least 4 members (excludes halogenated alkanes) is 41. The van der Waals surface area contributed by atoms with Crippen molar-refractivity contribution in [2.45, 2.75) is 347 Å². The predicted molar refractivity (Wildman–Crippen MR) is 307 cm³/mol. The molecule has 418 valence electrons. The Morgan fingerprint density at radius 3 is 1.21 bits per heavy atom. The molecule has 4 N–H and O–H groups in total. The Labute approximate surface area is 441 Å². The SMILES string of the molecule is CCCCC/C=C\C/C=C\CCCCCCCC(=O)OCCCCCCCCCCCCCCCCCCCCCCCCCCCC(=O)NC(CO)C(O)/C=C/C(O)CCCCCCCCCCCC. The van der Waals surface area contributed by atoms with Gasteiger partial charge in [0.05, 0.1) is 31.5 Å². The normalized spacial score (nSPS) is 13.3. The maximum Gasteiger partial charge on any atom is 0.305 e. The average molecular weight is 1000 g/mol. The maximum absolute atomic E-state index is 12.5. The van der Waals surface area contributed by atoms with Gasteiger partial charge in [-0.1, -0.05) is 294 Å². The summed E-state index contributed by atoms with van der Waals surface area (Å²) in [5.74, 6) is -0.131. The molecule has 0 rings (SSSR count). The first-order valence-electron chi connectivity index (χ1n) is 31.3. The number of aliphatic hydroxyl groups excluding tert-OH is 3. The second-order valence-corrected chi connectivity index (χ2v) is 21.6. The van der Waals surface area contributed by atoms with Gasteiger partial charge < -0.3 is 25.4 Å². The zero-order valence-electron chi connectivity index (χ0n) is 47.3. The molecular weight excluding hydrogens is 879 g/mol. The lowest BCUT2D eigenvalue weighted by atomic mass is 10.0. The molecule has 0 spiro atoms. The van der Waals surface area contributed by atoms with Gasteiger partial charge >= 0.3 is 5.97 Å². The van der Waals surface area contributed by atoms with Crippen LogP contribution >= 0.6 is 0 Å². The highest BCUT2D eigenvalue weighted by atomic mass is 16.5. The number of nitrogens with one attached hydrogen (secondary N) is 1. The number of hydrogen-bond donors (Lipinski definition) is 4. The Morgan fingerprint density at radius 2 is 0.775 bits per heavy atom. The van der Waals surface area contributed by atoms with E-state index < -0.39 is 18.2 Å². The number of rotatable bonds is 58. The molecule has 0 saturated heterocycles. The minimum atomic E-state index is -1.02. The molecule has 0 aliphatic heterocycles. The van der Waals surface area contributed by atoms with Crippen LogP contribution in [-0.4, -0.2) is 58.7 Å². The molecule has 3 atom stereocenters. The van der Waals surface area contributed by atoms with Gasteiger partial charge in [-0.05, 0) is 57.8 Å². The Kier molecular flexibility index (Phi) is 57.3. The highest BCUT2D eigenvalue weighted by Gasteiger charge is 2.18. The van der Waals surface area contributed by atoms with Crippen molar-refractivity contribution in [1.82, 2.24) is 5.32 Å². The average Bonchev–Trinajstić information content (AvgIpc) is 3.37. The van der Waals surface area contributed by atoms with Gasteiger partial charge in [0.15, 0.2) is 0 Å². The van der Waals surface area contributed by atoms with Crippen molar-refractivity contribution in [3.8, 4) is 0 Å². The zero-order chi connectivity index (χ0) is 51.6. The van der Waals surface area contributed by atoms with E-state index in [9.17, 15) is 24.9 Å². The van der Waals surface area contributed by atoms with Crippen LogP contribution in [0.15, 0.2) is 36.5 Å². The van der Waals surface area contributed by atoms with Crippen LogP contribution < -0.4 is 5.32 Å². The lowest BCUT2D eigenvalue weighted by molar-refractivity contribution is -0.143. The molecule has 0 aromatic heterocycles. The summed E-state index contributed by atoms with van der Waals surface area (Å²) < 4.78 is 5.48. The van der Waals surface area contributed by atoms with Crippen molar-refractivity contribution in [2.75, 3.05) is 13.2 Å². The van der Waals surface area contributed by atoms with Crippen molar-refractivity contribution < 1.29 is 29.6 Å². The lowest BCUT2D eigenvalue weighted by Gasteiger charge is -2.20. The number of ether oxygens (including phenoxy) is 1. The molecule has 3 unspecified atom stereocenters. The van der Waals surface area contributed by atoms with Gasteiger partial charge in [0.25, 0.3) is 0 Å². The number of allylic oxidation sites excluding steroid dienone is 4. The van der Waals surface area contributed by atoms with Gasteiger partial charge in [-0.25, -0.2) is 0 Å². The molecule has 0 bridgehead atoms. The van der Waals surface area contributed by atoms with Gasteiger partial charge in [-0.3, -0.25) is 9.59 Å². The van der Waals surface area contributed by atoms with E-state index in [0.29, 0.717) is 25.9 Å². The summed E-state index contributed by atoms with van der Waals surface area (Å²) >= 11 is 0. The second-order valence-electron chi connectivity index (χ2n) is 21.6. The summed E-state index contributed by atoms with van der Waals surface area (Å²) in [4.78, 5) is 24.5. The Morgan fingerprint density at radius 1 is 0.423 bits per heavy atom. The fourth-order valence-corrected chi connectivity index (χ4v) is 9.62. The molecule has 0 fully saturated rings. The molecule has 0 heterocycles. The molecule has 71 heavy (non-hydrogen) atoms. The molecule has 0 radical (unpaired) electrons. The fraction of sp³-hybridized carbons (Fsp3) is 0.875. The lowest BCUT2D eigenvalue weighted by Crippen LogP contribution is -2.45. The first kappa shape index (κ1) is 69.0. The number of esters is 1. The number of aliphatic hydroxyl groups is 3. The topological polar surface area (TPSA) is 116 Å². The molecule has 0 aliphatic rings. The van der Waals surface area contributed by atoms with E-state index in [0.717, 1.165) is 57.8 Å². The molecule has 1 amide bonds. The predicted octanol–water partition coefficient (Wildman–Crippen LogP) is 18.6. The van der Waals surface area contributed by atoms with Gasteiger partial charge in [-0.15, -0.1) is 0 Å². The minimum absolute atomic E-state index is 0.00118. The molecule has 0 aromatic rings. The van der Waals surface area contributed by atoms with Crippen molar-refractivity contribution in [3.63, 3.8) is 0 Å². The molecule has 7 nitrogen and oxygen atoms in total. The standard InChI is InChI=1S/C64H121NO6/c1-3-5-7-9-11-13-15-16-28-32-35-39-43-47-51-55-64(70)71-58-52-48-44-40-36-33-30-27-25-23-21-19-17-18-20-22-24-26-29-31-34-38-42-46-50-54-63(69)65-61(59-66)62(68)57-56-60(67)53-49-45-41-37-14-12-10-8-6-4-2/h11,13,16,28,56-57,60-62,66-68H,3-10,12,14-15,17-27,29-55,58-59H2,1-2H3,(H,65,69)/b13-11-,28-16-,57-56+. The van der Waals surface area contributed by atoms with Crippen LogP contribution in [-0.2, 0) is 14.3 Å². The first-order chi connectivity index (χ1) is 34.9. The zero-order valence-corrected chi connectivity index (χ0v) is 47.3.